The summed E-state index contributed by atoms with van der Waals surface area (Å²) in [5.74, 6) is 1.15. The first kappa shape index (κ1) is 19.3. The van der Waals surface area contributed by atoms with Crippen molar-refractivity contribution in [3.05, 3.63) is 66.7 Å². The van der Waals surface area contributed by atoms with Crippen LogP contribution >= 0.6 is 0 Å². The first-order chi connectivity index (χ1) is 13.2. The van der Waals surface area contributed by atoms with Gasteiger partial charge in [-0.2, -0.15) is 0 Å². The van der Waals surface area contributed by atoms with E-state index in [9.17, 15) is 9.18 Å². The van der Waals surface area contributed by atoms with Gasteiger partial charge in [0.2, 0.25) is 5.91 Å². The van der Waals surface area contributed by atoms with Crippen molar-refractivity contribution < 1.29 is 9.18 Å². The lowest BCUT2D eigenvalue weighted by molar-refractivity contribution is -0.111. The number of benzene rings is 2. The van der Waals surface area contributed by atoms with Gasteiger partial charge in [-0.1, -0.05) is 43.0 Å². The number of hydrogen-bond donors (Lipinski definition) is 1. The molecule has 1 saturated carbocycles. The lowest BCUT2D eigenvalue weighted by atomic mass is 9.77. The number of anilines is 1. The lowest BCUT2D eigenvalue weighted by Crippen LogP contribution is -2.13. The summed E-state index contributed by atoms with van der Waals surface area (Å²) in [5.41, 5.74) is 4.49. The van der Waals surface area contributed by atoms with Crippen LogP contribution < -0.4 is 5.32 Å². The summed E-state index contributed by atoms with van der Waals surface area (Å²) in [4.78, 5) is 11.4. The van der Waals surface area contributed by atoms with Crippen LogP contribution in [0.4, 0.5) is 10.1 Å². The van der Waals surface area contributed by atoms with Gasteiger partial charge in [-0.3, -0.25) is 9.18 Å². The number of rotatable bonds is 7. The molecule has 0 atom stereocenters. The van der Waals surface area contributed by atoms with Gasteiger partial charge >= 0.3 is 0 Å². The molecule has 1 amide bonds. The molecule has 3 rings (SSSR count). The Hall–Kier alpha value is -2.42. The van der Waals surface area contributed by atoms with E-state index in [0.29, 0.717) is 5.92 Å². The predicted molar refractivity (Wildman–Crippen MR) is 111 cm³/mol. The highest BCUT2D eigenvalue weighted by atomic mass is 19.1. The molecular formula is C24H28FNO. The van der Waals surface area contributed by atoms with Crippen LogP contribution in [0.3, 0.4) is 0 Å². The molecule has 2 nitrogen and oxygen atoms in total. The average Bonchev–Trinajstić information content (AvgIpc) is 2.73. The third-order valence-electron chi connectivity index (χ3n) is 5.65. The number of hydrogen-bond acceptors (Lipinski definition) is 1. The van der Waals surface area contributed by atoms with E-state index in [-0.39, 0.29) is 12.6 Å². The first-order valence-electron chi connectivity index (χ1n) is 9.89. The minimum absolute atomic E-state index is 0.178. The van der Waals surface area contributed by atoms with Crippen LogP contribution in [0, 0.1) is 5.92 Å². The highest BCUT2D eigenvalue weighted by Gasteiger charge is 2.22. The van der Waals surface area contributed by atoms with Gasteiger partial charge in [0.05, 0.1) is 6.67 Å². The summed E-state index contributed by atoms with van der Waals surface area (Å²) < 4.78 is 12.3. The van der Waals surface area contributed by atoms with Crippen molar-refractivity contribution in [2.45, 2.75) is 44.4 Å². The minimum Gasteiger partial charge on any atom is -0.323 e. The summed E-state index contributed by atoms with van der Waals surface area (Å²) in [6.45, 7) is 3.28. The van der Waals surface area contributed by atoms with Crippen LogP contribution in [0.15, 0.2) is 61.2 Å². The molecule has 0 heterocycles. The Morgan fingerprint density at radius 3 is 2.15 bits per heavy atom. The second-order valence-electron chi connectivity index (χ2n) is 7.44. The molecule has 142 valence electrons. The normalized spacial score (nSPS) is 19.4. The number of carbonyl (C=O) groups is 1. The topological polar surface area (TPSA) is 29.1 Å². The zero-order chi connectivity index (χ0) is 19.1. The van der Waals surface area contributed by atoms with Crippen molar-refractivity contribution in [2.75, 3.05) is 12.0 Å². The Kier molecular flexibility index (Phi) is 6.80. The summed E-state index contributed by atoms with van der Waals surface area (Å²) in [6.07, 6.45) is 7.92. The fraction of sp³-hybridized carbons (Fsp3) is 0.375. The molecule has 1 fully saturated rings. The Bertz CT molecular complexity index is 743. The van der Waals surface area contributed by atoms with Gasteiger partial charge in [0.15, 0.2) is 0 Å². The Morgan fingerprint density at radius 1 is 1.00 bits per heavy atom. The van der Waals surface area contributed by atoms with Crippen LogP contribution in [-0.4, -0.2) is 12.6 Å². The highest BCUT2D eigenvalue weighted by molar-refractivity contribution is 5.98. The number of amides is 1. The van der Waals surface area contributed by atoms with Crippen LogP contribution in [0.1, 0.15) is 50.0 Å². The van der Waals surface area contributed by atoms with E-state index in [0.717, 1.165) is 30.0 Å². The van der Waals surface area contributed by atoms with Gasteiger partial charge < -0.3 is 5.32 Å². The monoisotopic (exact) mass is 365 g/mol. The molecule has 3 heteroatoms. The molecule has 1 aliphatic rings. The predicted octanol–water partition coefficient (Wildman–Crippen LogP) is 6.50. The number of carbonyl (C=O) groups excluding carboxylic acids is 1. The molecule has 0 aromatic heterocycles. The third kappa shape index (κ3) is 5.29. The maximum absolute atomic E-state index is 12.3. The van der Waals surface area contributed by atoms with Crippen LogP contribution in [0.5, 0.6) is 0 Å². The van der Waals surface area contributed by atoms with Crippen molar-refractivity contribution in [3.63, 3.8) is 0 Å². The highest BCUT2D eigenvalue weighted by Crippen LogP contribution is 2.38. The molecule has 0 unspecified atom stereocenters. The van der Waals surface area contributed by atoms with E-state index in [1.54, 1.807) is 0 Å². The van der Waals surface area contributed by atoms with E-state index in [4.69, 9.17) is 0 Å². The number of nitrogens with one attached hydrogen (secondary N) is 1. The fourth-order valence-electron chi connectivity index (χ4n) is 4.04. The second kappa shape index (κ2) is 9.50. The van der Waals surface area contributed by atoms with E-state index in [1.165, 1.54) is 42.9 Å². The third-order valence-corrected chi connectivity index (χ3v) is 5.65. The van der Waals surface area contributed by atoms with Gasteiger partial charge in [-0.15, -0.1) is 0 Å². The van der Waals surface area contributed by atoms with Gasteiger partial charge in [-0.25, -0.2) is 0 Å². The fourth-order valence-corrected chi connectivity index (χ4v) is 4.04. The molecule has 0 spiro atoms. The standard InChI is InChI=1S/C24H28FNO/c1-2-24(27)26-23-15-13-22(14-16-23)21-11-9-20(10-12-21)19-7-5-18(6-8-19)4-3-17-25/h2,9-16,18-19H,1,3-8,17H2,(H,26,27). The van der Waals surface area contributed by atoms with E-state index < -0.39 is 0 Å². The van der Waals surface area contributed by atoms with Crippen molar-refractivity contribution in [2.24, 2.45) is 5.92 Å². The van der Waals surface area contributed by atoms with Crippen molar-refractivity contribution in [1.29, 1.82) is 0 Å². The largest absolute Gasteiger partial charge is 0.323 e. The quantitative estimate of drug-likeness (QED) is 0.557. The lowest BCUT2D eigenvalue weighted by Gasteiger charge is -2.28. The Balaban J connectivity index is 1.59. The molecular weight excluding hydrogens is 337 g/mol. The SMILES string of the molecule is C=CC(=O)Nc1ccc(-c2ccc(C3CCC(CCCF)CC3)cc2)cc1. The van der Waals surface area contributed by atoms with E-state index in [2.05, 4.69) is 36.2 Å². The second-order valence-corrected chi connectivity index (χ2v) is 7.44. The molecule has 0 aliphatic heterocycles. The van der Waals surface area contributed by atoms with Crippen LogP contribution in [0.25, 0.3) is 11.1 Å². The Labute approximate surface area is 161 Å². The average molecular weight is 365 g/mol. The van der Waals surface area contributed by atoms with Gasteiger partial charge in [0, 0.05) is 5.69 Å². The molecule has 1 N–H and O–H groups in total. The van der Waals surface area contributed by atoms with Crippen LogP contribution in [0.2, 0.25) is 0 Å². The zero-order valence-electron chi connectivity index (χ0n) is 15.8. The minimum atomic E-state index is -0.202. The zero-order valence-corrected chi connectivity index (χ0v) is 15.8. The van der Waals surface area contributed by atoms with E-state index in [1.807, 2.05) is 24.3 Å². The molecule has 0 bridgehead atoms. The summed E-state index contributed by atoms with van der Waals surface area (Å²) in [6, 6.07) is 16.7. The summed E-state index contributed by atoms with van der Waals surface area (Å²) in [7, 11) is 0. The number of alkyl halides is 1. The first-order valence-corrected chi connectivity index (χ1v) is 9.89. The van der Waals surface area contributed by atoms with E-state index >= 15 is 0 Å². The number of halogens is 1. The van der Waals surface area contributed by atoms with Crippen molar-refractivity contribution >= 4 is 11.6 Å². The van der Waals surface area contributed by atoms with Crippen molar-refractivity contribution in [3.8, 4) is 11.1 Å². The van der Waals surface area contributed by atoms with Gasteiger partial charge in [0.25, 0.3) is 0 Å². The maximum Gasteiger partial charge on any atom is 0.247 e. The molecule has 27 heavy (non-hydrogen) atoms. The maximum atomic E-state index is 12.3. The molecule has 2 aromatic rings. The Morgan fingerprint density at radius 2 is 1.59 bits per heavy atom. The molecule has 0 radical (unpaired) electrons. The smallest absolute Gasteiger partial charge is 0.247 e. The molecule has 0 saturated heterocycles. The molecule has 2 aromatic carbocycles. The van der Waals surface area contributed by atoms with Gasteiger partial charge in [-0.05, 0) is 85.3 Å². The summed E-state index contributed by atoms with van der Waals surface area (Å²) in [5, 5.41) is 2.76. The summed E-state index contributed by atoms with van der Waals surface area (Å²) >= 11 is 0. The molecule has 1 aliphatic carbocycles. The van der Waals surface area contributed by atoms with Crippen molar-refractivity contribution in [1.82, 2.24) is 0 Å². The van der Waals surface area contributed by atoms with Crippen LogP contribution in [-0.2, 0) is 4.79 Å². The van der Waals surface area contributed by atoms with Gasteiger partial charge in [0.1, 0.15) is 0 Å².